The lowest BCUT2D eigenvalue weighted by molar-refractivity contribution is -0.113. The number of hydrogen-bond acceptors (Lipinski definition) is 4. The third-order valence-electron chi connectivity index (χ3n) is 1.77. The molecule has 16 heavy (non-hydrogen) atoms. The van der Waals surface area contributed by atoms with E-state index in [1.165, 1.54) is 0 Å². The zero-order valence-corrected chi connectivity index (χ0v) is 10.1. The SMILES string of the molecule is CCOCCSCC(=O)Nc1ccncc1. The molecular weight excluding hydrogens is 224 g/mol. The Morgan fingerprint density at radius 1 is 1.50 bits per heavy atom. The van der Waals surface area contributed by atoms with Gasteiger partial charge in [0.1, 0.15) is 0 Å². The molecule has 0 aliphatic carbocycles. The van der Waals surface area contributed by atoms with Crippen LogP contribution in [0.15, 0.2) is 24.5 Å². The van der Waals surface area contributed by atoms with Gasteiger partial charge in [0, 0.05) is 30.4 Å². The van der Waals surface area contributed by atoms with Gasteiger partial charge in [-0.1, -0.05) is 0 Å². The van der Waals surface area contributed by atoms with Crippen molar-refractivity contribution in [3.05, 3.63) is 24.5 Å². The van der Waals surface area contributed by atoms with E-state index in [2.05, 4.69) is 10.3 Å². The highest BCUT2D eigenvalue weighted by Crippen LogP contribution is 2.05. The predicted molar refractivity (Wildman–Crippen MR) is 66.7 cm³/mol. The normalized spacial score (nSPS) is 10.1. The molecule has 1 aromatic rings. The van der Waals surface area contributed by atoms with Crippen molar-refractivity contribution in [3.63, 3.8) is 0 Å². The molecule has 5 heteroatoms. The Morgan fingerprint density at radius 2 is 2.25 bits per heavy atom. The average Bonchev–Trinajstić information content (AvgIpc) is 2.30. The van der Waals surface area contributed by atoms with E-state index in [-0.39, 0.29) is 5.91 Å². The molecule has 1 amide bonds. The van der Waals surface area contributed by atoms with E-state index in [0.717, 1.165) is 18.0 Å². The van der Waals surface area contributed by atoms with Crippen LogP contribution in [0.4, 0.5) is 5.69 Å². The second-order valence-corrected chi connectivity index (χ2v) is 4.14. The Morgan fingerprint density at radius 3 is 2.94 bits per heavy atom. The molecule has 0 saturated carbocycles. The minimum atomic E-state index is 0.00713. The molecule has 0 fully saturated rings. The molecule has 0 radical (unpaired) electrons. The summed E-state index contributed by atoms with van der Waals surface area (Å²) in [6.45, 7) is 3.38. The van der Waals surface area contributed by atoms with Crippen molar-refractivity contribution in [2.24, 2.45) is 0 Å². The molecule has 1 aromatic heterocycles. The zero-order valence-electron chi connectivity index (χ0n) is 9.31. The smallest absolute Gasteiger partial charge is 0.234 e. The first kappa shape index (κ1) is 13.0. The fourth-order valence-electron chi connectivity index (χ4n) is 1.06. The van der Waals surface area contributed by atoms with Gasteiger partial charge >= 0.3 is 0 Å². The van der Waals surface area contributed by atoms with Gasteiger partial charge in [0.15, 0.2) is 0 Å². The molecular formula is C11H16N2O2S. The number of anilines is 1. The standard InChI is InChI=1S/C11H16N2O2S/c1-2-15-7-8-16-9-11(14)13-10-3-5-12-6-4-10/h3-6H,2,7-9H2,1H3,(H,12,13,14). The van der Waals surface area contributed by atoms with Gasteiger partial charge in [-0.25, -0.2) is 0 Å². The molecule has 0 saturated heterocycles. The summed E-state index contributed by atoms with van der Waals surface area (Å²) in [5, 5.41) is 2.79. The van der Waals surface area contributed by atoms with Crippen molar-refractivity contribution in [1.29, 1.82) is 0 Å². The number of carbonyl (C=O) groups is 1. The maximum atomic E-state index is 11.5. The van der Waals surface area contributed by atoms with Crippen LogP contribution in [0.5, 0.6) is 0 Å². The first-order valence-electron chi connectivity index (χ1n) is 5.18. The van der Waals surface area contributed by atoms with Crippen LogP contribution in [0.1, 0.15) is 6.92 Å². The maximum Gasteiger partial charge on any atom is 0.234 e. The molecule has 1 N–H and O–H groups in total. The molecule has 4 nitrogen and oxygen atoms in total. The molecule has 1 heterocycles. The fourth-order valence-corrected chi connectivity index (χ4v) is 1.70. The van der Waals surface area contributed by atoms with Gasteiger partial charge in [-0.05, 0) is 19.1 Å². The first-order valence-corrected chi connectivity index (χ1v) is 6.33. The summed E-state index contributed by atoms with van der Waals surface area (Å²) in [7, 11) is 0. The van der Waals surface area contributed by atoms with Crippen molar-refractivity contribution in [1.82, 2.24) is 4.98 Å². The largest absolute Gasteiger partial charge is 0.381 e. The van der Waals surface area contributed by atoms with Gasteiger partial charge in [-0.15, -0.1) is 11.8 Å². The number of pyridine rings is 1. The maximum absolute atomic E-state index is 11.5. The number of ether oxygens (including phenoxy) is 1. The minimum Gasteiger partial charge on any atom is -0.381 e. The highest BCUT2D eigenvalue weighted by Gasteiger charge is 2.01. The number of carbonyl (C=O) groups excluding carboxylic acids is 1. The van der Waals surface area contributed by atoms with E-state index < -0.39 is 0 Å². The Balaban J connectivity index is 2.12. The van der Waals surface area contributed by atoms with Gasteiger partial charge in [0.05, 0.1) is 12.4 Å². The molecule has 0 aliphatic heterocycles. The monoisotopic (exact) mass is 240 g/mol. The summed E-state index contributed by atoms with van der Waals surface area (Å²) < 4.78 is 5.17. The topological polar surface area (TPSA) is 51.2 Å². The summed E-state index contributed by atoms with van der Waals surface area (Å²) in [4.78, 5) is 15.3. The predicted octanol–water partition coefficient (Wildman–Crippen LogP) is 1.79. The van der Waals surface area contributed by atoms with Crippen molar-refractivity contribution < 1.29 is 9.53 Å². The molecule has 0 bridgehead atoms. The second kappa shape index (κ2) is 8.13. The van der Waals surface area contributed by atoms with Crippen LogP contribution in [-0.2, 0) is 9.53 Å². The van der Waals surface area contributed by atoms with Gasteiger partial charge in [-0.2, -0.15) is 0 Å². The lowest BCUT2D eigenvalue weighted by Crippen LogP contribution is -2.14. The zero-order chi connectivity index (χ0) is 11.6. The summed E-state index contributed by atoms with van der Waals surface area (Å²) in [5.41, 5.74) is 0.783. The number of rotatable bonds is 7. The summed E-state index contributed by atoms with van der Waals surface area (Å²) in [6.07, 6.45) is 3.30. The number of nitrogens with zero attached hydrogens (tertiary/aromatic N) is 1. The van der Waals surface area contributed by atoms with E-state index in [1.807, 2.05) is 6.92 Å². The number of amides is 1. The molecule has 88 valence electrons. The second-order valence-electron chi connectivity index (χ2n) is 3.03. The first-order chi connectivity index (χ1) is 7.83. The number of aromatic nitrogens is 1. The van der Waals surface area contributed by atoms with Crippen molar-refractivity contribution in [2.45, 2.75) is 6.92 Å². The lowest BCUT2D eigenvalue weighted by atomic mass is 10.4. The highest BCUT2D eigenvalue weighted by molar-refractivity contribution is 7.99. The van der Waals surface area contributed by atoms with Crippen LogP contribution in [0, 0.1) is 0 Å². The average molecular weight is 240 g/mol. The third-order valence-corrected chi connectivity index (χ3v) is 2.70. The number of hydrogen-bond donors (Lipinski definition) is 1. The molecule has 0 unspecified atom stereocenters. The summed E-state index contributed by atoms with van der Waals surface area (Å²) in [6, 6.07) is 3.53. The molecule has 0 aliphatic rings. The summed E-state index contributed by atoms with van der Waals surface area (Å²) in [5.74, 6) is 1.31. The molecule has 1 rings (SSSR count). The third kappa shape index (κ3) is 5.72. The Kier molecular flexibility index (Phi) is 6.60. The Bertz CT molecular complexity index is 306. The number of thioether (sulfide) groups is 1. The van der Waals surface area contributed by atoms with E-state index >= 15 is 0 Å². The summed E-state index contributed by atoms with van der Waals surface area (Å²) >= 11 is 1.57. The number of nitrogens with one attached hydrogen (secondary N) is 1. The van der Waals surface area contributed by atoms with Crippen LogP contribution in [-0.4, -0.2) is 35.6 Å². The highest BCUT2D eigenvalue weighted by atomic mass is 32.2. The van der Waals surface area contributed by atoms with Crippen LogP contribution >= 0.6 is 11.8 Å². The van der Waals surface area contributed by atoms with E-state index in [4.69, 9.17) is 4.74 Å². The van der Waals surface area contributed by atoms with Gasteiger partial charge in [0.2, 0.25) is 5.91 Å². The van der Waals surface area contributed by atoms with E-state index in [0.29, 0.717) is 12.4 Å². The molecule has 0 spiro atoms. The molecule has 0 aromatic carbocycles. The van der Waals surface area contributed by atoms with Crippen LogP contribution < -0.4 is 5.32 Å². The van der Waals surface area contributed by atoms with Gasteiger partial charge in [-0.3, -0.25) is 9.78 Å². The van der Waals surface area contributed by atoms with E-state index in [9.17, 15) is 4.79 Å². The van der Waals surface area contributed by atoms with Crippen LogP contribution in [0.2, 0.25) is 0 Å². The lowest BCUT2D eigenvalue weighted by Gasteiger charge is -2.04. The van der Waals surface area contributed by atoms with Crippen LogP contribution in [0.25, 0.3) is 0 Å². The minimum absolute atomic E-state index is 0.00713. The van der Waals surface area contributed by atoms with Crippen molar-refractivity contribution in [3.8, 4) is 0 Å². The Hall–Kier alpha value is -1.07. The Labute approximate surface area is 99.8 Å². The van der Waals surface area contributed by atoms with Crippen molar-refractivity contribution in [2.75, 3.05) is 30.0 Å². The van der Waals surface area contributed by atoms with Crippen LogP contribution in [0.3, 0.4) is 0 Å². The van der Waals surface area contributed by atoms with Gasteiger partial charge in [0.25, 0.3) is 0 Å². The van der Waals surface area contributed by atoms with Gasteiger partial charge < -0.3 is 10.1 Å². The quantitative estimate of drug-likeness (QED) is 0.738. The fraction of sp³-hybridized carbons (Fsp3) is 0.455. The molecule has 0 atom stereocenters. The van der Waals surface area contributed by atoms with E-state index in [1.54, 1.807) is 36.3 Å². The van der Waals surface area contributed by atoms with Crippen molar-refractivity contribution >= 4 is 23.4 Å².